The molecule has 0 aliphatic carbocycles. The molecule has 230 valence electrons. The number of fused-ring (bicyclic) bond motifs is 1. The molecule has 1 spiro atoms. The van der Waals surface area contributed by atoms with Crippen molar-refractivity contribution in [2.45, 2.75) is 72.0 Å². The van der Waals surface area contributed by atoms with E-state index in [2.05, 4.69) is 59.3 Å². The number of benzene rings is 1. The van der Waals surface area contributed by atoms with Crippen LogP contribution in [0.3, 0.4) is 0 Å². The van der Waals surface area contributed by atoms with Gasteiger partial charge in [-0.1, -0.05) is 26.5 Å². The average molecular weight is 645 g/mol. The number of anilines is 1. The number of carbonyl (C=O) groups is 1. The Labute approximate surface area is 258 Å². The topological polar surface area (TPSA) is 80.3 Å². The zero-order valence-corrected chi connectivity index (χ0v) is 27.6. The lowest BCUT2D eigenvalue weighted by Gasteiger charge is -2.53. The third-order valence-electron chi connectivity index (χ3n) is 8.42. The molecule has 3 aliphatic rings. The number of piperidine rings is 2. The summed E-state index contributed by atoms with van der Waals surface area (Å²) in [4.78, 5) is 29.1. The number of carbonyl (C=O) groups excluding carboxylic acids is 1. The van der Waals surface area contributed by atoms with Crippen LogP contribution in [0.4, 0.5) is 10.6 Å². The predicted octanol–water partition coefficient (Wildman–Crippen LogP) is 6.38. The van der Waals surface area contributed by atoms with Gasteiger partial charge >= 0.3 is 12.1 Å². The van der Waals surface area contributed by atoms with Gasteiger partial charge in [0.05, 0.1) is 11.1 Å². The van der Waals surface area contributed by atoms with Gasteiger partial charge in [0.1, 0.15) is 23.0 Å². The number of likely N-dealkylation sites (tertiary alicyclic amines) is 2. The van der Waals surface area contributed by atoms with Gasteiger partial charge in [-0.25, -0.2) is 4.79 Å². The fourth-order valence-corrected chi connectivity index (χ4v) is 6.58. The van der Waals surface area contributed by atoms with Crippen LogP contribution in [-0.4, -0.2) is 90.5 Å². The largest absolute Gasteiger partial charge is 0.490 e. The van der Waals surface area contributed by atoms with E-state index in [0.29, 0.717) is 24.3 Å². The van der Waals surface area contributed by atoms with Crippen molar-refractivity contribution in [2.24, 2.45) is 11.3 Å². The highest BCUT2D eigenvalue weighted by Crippen LogP contribution is 2.45. The molecule has 10 heteroatoms. The number of nitrogens with zero attached hydrogens (tertiary/aromatic N) is 5. The quantitative estimate of drug-likeness (QED) is 0.344. The Morgan fingerprint density at radius 1 is 1.17 bits per heavy atom. The lowest BCUT2D eigenvalue weighted by Crippen LogP contribution is -2.62. The summed E-state index contributed by atoms with van der Waals surface area (Å²) in [5.41, 5.74) is 1.34. The van der Waals surface area contributed by atoms with E-state index in [1.54, 1.807) is 0 Å². The van der Waals surface area contributed by atoms with E-state index in [1.807, 2.05) is 31.7 Å². The van der Waals surface area contributed by atoms with Crippen molar-refractivity contribution < 1.29 is 19.0 Å². The van der Waals surface area contributed by atoms with E-state index in [0.717, 1.165) is 91.7 Å². The molecule has 4 heterocycles. The molecular formula is C32H46BrN5O4. The average Bonchev–Trinajstić information content (AvgIpc) is 2.91. The molecule has 9 nitrogen and oxygen atoms in total. The molecule has 2 aromatic rings. The first-order chi connectivity index (χ1) is 19.9. The van der Waals surface area contributed by atoms with Crippen LogP contribution < -0.4 is 14.4 Å². The Morgan fingerprint density at radius 3 is 2.43 bits per heavy atom. The summed E-state index contributed by atoms with van der Waals surface area (Å²) in [6, 6.07) is 2.50. The van der Waals surface area contributed by atoms with Gasteiger partial charge in [-0.05, 0) is 87.0 Å². The molecule has 0 radical (unpaired) electrons. The SMILES string of the molecule is C=Cc1cc2c(N3CCC4(CC3)CN(C(=O)OC(C)(C)C)C4)nc(OC3CCN(C)CC3)nc2c(OCC(C)C)c1Br. The molecule has 1 amide bonds. The maximum Gasteiger partial charge on any atom is 0.410 e. The Bertz CT molecular complexity index is 1300. The van der Waals surface area contributed by atoms with Gasteiger partial charge in [-0.2, -0.15) is 9.97 Å². The number of hydrogen-bond donors (Lipinski definition) is 0. The number of hydrogen-bond acceptors (Lipinski definition) is 8. The van der Waals surface area contributed by atoms with Crippen LogP contribution in [0, 0.1) is 11.3 Å². The highest BCUT2D eigenvalue weighted by atomic mass is 79.9. The molecule has 0 unspecified atom stereocenters. The smallest absolute Gasteiger partial charge is 0.410 e. The number of halogens is 1. The molecule has 3 saturated heterocycles. The standard InChI is InChI=1S/C32H46BrN5O4/c1-8-22-17-24-26(27(25(22)33)40-18-21(2)3)34-29(41-23-9-13-36(7)14-10-23)35-28(24)37-15-11-32(12-16-37)19-38(20-32)30(39)42-31(4,5)6/h8,17,21,23H,1,9-16,18-20H2,2-7H3. The van der Waals surface area contributed by atoms with Gasteiger partial charge in [0.25, 0.3) is 0 Å². The molecule has 3 aliphatic heterocycles. The minimum atomic E-state index is -0.485. The Kier molecular flexibility index (Phi) is 8.95. The second-order valence-electron chi connectivity index (χ2n) is 13.7. The second kappa shape index (κ2) is 12.2. The highest BCUT2D eigenvalue weighted by molar-refractivity contribution is 9.10. The van der Waals surface area contributed by atoms with Crippen LogP contribution in [0.5, 0.6) is 11.8 Å². The van der Waals surface area contributed by atoms with Crippen molar-refractivity contribution in [2.75, 3.05) is 57.8 Å². The first-order valence-electron chi connectivity index (χ1n) is 15.2. The fourth-order valence-electron chi connectivity index (χ4n) is 6.00. The van der Waals surface area contributed by atoms with Crippen LogP contribution in [0.15, 0.2) is 17.1 Å². The van der Waals surface area contributed by atoms with Crippen LogP contribution >= 0.6 is 15.9 Å². The third-order valence-corrected chi connectivity index (χ3v) is 9.24. The normalized spacial score (nSPS) is 19.7. The molecule has 0 N–H and O–H groups in total. The van der Waals surface area contributed by atoms with Gasteiger partial charge in [0.2, 0.25) is 0 Å². The van der Waals surface area contributed by atoms with Crippen molar-refractivity contribution in [3.8, 4) is 11.8 Å². The van der Waals surface area contributed by atoms with Crippen molar-refractivity contribution in [1.82, 2.24) is 19.8 Å². The van der Waals surface area contributed by atoms with E-state index in [1.165, 1.54) is 0 Å². The minimum absolute atomic E-state index is 0.0841. The van der Waals surface area contributed by atoms with Gasteiger partial charge in [-0.15, -0.1) is 0 Å². The lowest BCUT2D eigenvalue weighted by atomic mass is 9.72. The van der Waals surface area contributed by atoms with Gasteiger partial charge < -0.3 is 28.9 Å². The molecule has 1 aromatic heterocycles. The van der Waals surface area contributed by atoms with E-state index >= 15 is 0 Å². The summed E-state index contributed by atoms with van der Waals surface area (Å²) in [5, 5.41) is 0.933. The molecule has 3 fully saturated rings. The van der Waals surface area contributed by atoms with Gasteiger partial charge in [0.15, 0.2) is 5.75 Å². The number of amides is 1. The maximum absolute atomic E-state index is 12.6. The fraction of sp³-hybridized carbons (Fsp3) is 0.656. The summed E-state index contributed by atoms with van der Waals surface area (Å²) in [7, 11) is 2.14. The van der Waals surface area contributed by atoms with Crippen molar-refractivity contribution in [3.63, 3.8) is 0 Å². The zero-order valence-electron chi connectivity index (χ0n) is 26.0. The lowest BCUT2D eigenvalue weighted by molar-refractivity contribution is -0.0434. The summed E-state index contributed by atoms with van der Waals surface area (Å²) in [6.45, 7) is 19.8. The summed E-state index contributed by atoms with van der Waals surface area (Å²) < 4.78 is 19.3. The Balaban J connectivity index is 1.43. The van der Waals surface area contributed by atoms with Crippen LogP contribution in [0.25, 0.3) is 17.0 Å². The highest BCUT2D eigenvalue weighted by Gasteiger charge is 2.48. The molecule has 5 rings (SSSR count). The van der Waals surface area contributed by atoms with Crippen molar-refractivity contribution in [1.29, 1.82) is 0 Å². The first kappa shape index (κ1) is 30.9. The predicted molar refractivity (Wildman–Crippen MR) is 170 cm³/mol. The minimum Gasteiger partial charge on any atom is -0.490 e. The van der Waals surface area contributed by atoms with E-state index < -0.39 is 5.60 Å². The molecule has 1 aromatic carbocycles. The number of aromatic nitrogens is 2. The second-order valence-corrected chi connectivity index (χ2v) is 14.5. The zero-order chi connectivity index (χ0) is 30.2. The van der Waals surface area contributed by atoms with Crippen LogP contribution in [-0.2, 0) is 4.74 Å². The number of rotatable bonds is 7. The third kappa shape index (κ3) is 6.80. The Hall–Kier alpha value is -2.59. The summed E-state index contributed by atoms with van der Waals surface area (Å²) in [6.07, 6.45) is 5.55. The molecule has 42 heavy (non-hydrogen) atoms. The van der Waals surface area contributed by atoms with E-state index in [-0.39, 0.29) is 17.6 Å². The van der Waals surface area contributed by atoms with Crippen LogP contribution in [0.2, 0.25) is 0 Å². The van der Waals surface area contributed by atoms with E-state index in [9.17, 15) is 4.79 Å². The van der Waals surface area contributed by atoms with Crippen molar-refractivity contribution >= 4 is 44.8 Å². The monoisotopic (exact) mass is 643 g/mol. The van der Waals surface area contributed by atoms with Gasteiger partial charge in [-0.3, -0.25) is 0 Å². The molecular weight excluding hydrogens is 598 g/mol. The molecule has 0 bridgehead atoms. The first-order valence-corrected chi connectivity index (χ1v) is 16.0. The number of ether oxygens (including phenoxy) is 3. The molecule has 0 atom stereocenters. The summed E-state index contributed by atoms with van der Waals surface area (Å²) >= 11 is 3.77. The Morgan fingerprint density at radius 2 is 1.83 bits per heavy atom. The summed E-state index contributed by atoms with van der Waals surface area (Å²) in [5.74, 6) is 1.93. The molecule has 0 saturated carbocycles. The maximum atomic E-state index is 12.6. The van der Waals surface area contributed by atoms with E-state index in [4.69, 9.17) is 24.2 Å². The van der Waals surface area contributed by atoms with Crippen molar-refractivity contribution in [3.05, 3.63) is 22.7 Å². The van der Waals surface area contributed by atoms with Crippen LogP contribution in [0.1, 0.15) is 65.9 Å². The van der Waals surface area contributed by atoms with Gasteiger partial charge in [0, 0.05) is 50.1 Å².